The maximum absolute atomic E-state index is 12.1. The number of rotatable bonds is 5. The number of ether oxygens (including phenoxy) is 1. The molecule has 0 aliphatic carbocycles. The summed E-state index contributed by atoms with van der Waals surface area (Å²) in [6.45, 7) is 2.50. The number of pyridine rings is 1. The molecule has 0 radical (unpaired) electrons. The summed E-state index contributed by atoms with van der Waals surface area (Å²) in [7, 11) is 0. The number of amides is 1. The van der Waals surface area contributed by atoms with Crippen LogP contribution in [0.1, 0.15) is 12.5 Å². The van der Waals surface area contributed by atoms with Gasteiger partial charge in [-0.15, -0.1) is 0 Å². The highest BCUT2D eigenvalue weighted by Crippen LogP contribution is 2.15. The van der Waals surface area contributed by atoms with Gasteiger partial charge in [0.15, 0.2) is 0 Å². The van der Waals surface area contributed by atoms with E-state index in [9.17, 15) is 4.79 Å². The first-order chi connectivity index (χ1) is 10.7. The van der Waals surface area contributed by atoms with Gasteiger partial charge in [0.25, 0.3) is 5.91 Å². The lowest BCUT2D eigenvalue weighted by atomic mass is 10.1. The Hall–Kier alpha value is -3.13. The summed E-state index contributed by atoms with van der Waals surface area (Å²) in [5.74, 6) is 0.293. The molecule has 1 N–H and O–H groups in total. The fraction of sp³-hybridized carbons (Fsp3) is 0.118. The Morgan fingerprint density at radius 2 is 1.95 bits per heavy atom. The molecule has 0 saturated carbocycles. The highest BCUT2D eigenvalue weighted by atomic mass is 16.5. The number of nitriles is 1. The lowest BCUT2D eigenvalue weighted by Gasteiger charge is -2.04. The van der Waals surface area contributed by atoms with Gasteiger partial charge in [-0.05, 0) is 42.8 Å². The smallest absolute Gasteiger partial charge is 0.266 e. The number of hydrogen-bond donors (Lipinski definition) is 1. The maximum Gasteiger partial charge on any atom is 0.266 e. The zero-order valence-electron chi connectivity index (χ0n) is 12.1. The summed E-state index contributed by atoms with van der Waals surface area (Å²) >= 11 is 0. The first kappa shape index (κ1) is 15.3. The molecule has 0 unspecified atom stereocenters. The van der Waals surface area contributed by atoms with Crippen LogP contribution in [0, 0.1) is 11.3 Å². The molecular weight excluding hydrogens is 278 g/mol. The largest absolute Gasteiger partial charge is 0.494 e. The number of hydrogen-bond acceptors (Lipinski definition) is 4. The first-order valence-electron chi connectivity index (χ1n) is 6.79. The molecule has 2 aromatic rings. The van der Waals surface area contributed by atoms with Gasteiger partial charge >= 0.3 is 0 Å². The van der Waals surface area contributed by atoms with Crippen molar-refractivity contribution in [1.82, 2.24) is 4.98 Å². The van der Waals surface area contributed by atoms with Gasteiger partial charge in [-0.3, -0.25) is 9.78 Å². The van der Waals surface area contributed by atoms with E-state index in [4.69, 9.17) is 10.00 Å². The third kappa shape index (κ3) is 4.18. The Morgan fingerprint density at radius 3 is 2.55 bits per heavy atom. The molecule has 1 heterocycles. The van der Waals surface area contributed by atoms with Gasteiger partial charge in [0.2, 0.25) is 0 Å². The minimum atomic E-state index is -0.456. The summed E-state index contributed by atoms with van der Waals surface area (Å²) in [5, 5.41) is 11.8. The second kappa shape index (κ2) is 7.60. The van der Waals surface area contributed by atoms with E-state index in [1.165, 1.54) is 6.08 Å². The molecule has 0 bridgehead atoms. The van der Waals surface area contributed by atoms with Crippen molar-refractivity contribution in [3.63, 3.8) is 0 Å². The summed E-state index contributed by atoms with van der Waals surface area (Å²) in [5.41, 5.74) is 1.37. The summed E-state index contributed by atoms with van der Waals surface area (Å²) < 4.78 is 5.35. The number of aromatic nitrogens is 1. The second-order valence-corrected chi connectivity index (χ2v) is 4.36. The van der Waals surface area contributed by atoms with E-state index in [1.807, 2.05) is 13.0 Å². The Bertz CT molecular complexity index is 701. The van der Waals surface area contributed by atoms with Crippen LogP contribution < -0.4 is 10.1 Å². The Balaban J connectivity index is 2.13. The summed E-state index contributed by atoms with van der Waals surface area (Å²) in [6.07, 6.45) is 4.67. The van der Waals surface area contributed by atoms with Crippen molar-refractivity contribution >= 4 is 17.7 Å². The number of carbonyl (C=O) groups is 1. The van der Waals surface area contributed by atoms with Crippen molar-refractivity contribution in [3.05, 3.63) is 59.9 Å². The van der Waals surface area contributed by atoms with Crippen molar-refractivity contribution in [1.29, 1.82) is 5.26 Å². The summed E-state index contributed by atoms with van der Waals surface area (Å²) in [4.78, 5) is 15.9. The average molecular weight is 293 g/mol. The van der Waals surface area contributed by atoms with E-state index in [2.05, 4.69) is 10.3 Å². The molecular formula is C17H15N3O2. The molecule has 5 heteroatoms. The molecule has 0 aliphatic rings. The van der Waals surface area contributed by atoms with E-state index in [0.29, 0.717) is 12.3 Å². The predicted molar refractivity (Wildman–Crippen MR) is 84.1 cm³/mol. The molecule has 0 saturated heterocycles. The highest BCUT2D eigenvalue weighted by molar-refractivity contribution is 6.09. The van der Waals surface area contributed by atoms with Gasteiger partial charge in [-0.25, -0.2) is 0 Å². The van der Waals surface area contributed by atoms with Gasteiger partial charge < -0.3 is 10.1 Å². The van der Waals surface area contributed by atoms with Crippen molar-refractivity contribution in [2.24, 2.45) is 0 Å². The topological polar surface area (TPSA) is 75.0 Å². The zero-order valence-corrected chi connectivity index (χ0v) is 12.1. The summed E-state index contributed by atoms with van der Waals surface area (Å²) in [6, 6.07) is 12.4. The molecule has 0 atom stereocenters. The van der Waals surface area contributed by atoms with Crippen LogP contribution in [0.2, 0.25) is 0 Å². The SMILES string of the molecule is CCOc1ccc(/C=C(\C#N)C(=O)Nc2ccncc2)cc1. The molecule has 0 spiro atoms. The molecule has 22 heavy (non-hydrogen) atoms. The molecule has 0 aliphatic heterocycles. The van der Waals surface area contributed by atoms with Gasteiger partial charge in [-0.1, -0.05) is 12.1 Å². The van der Waals surface area contributed by atoms with E-state index in [0.717, 1.165) is 11.3 Å². The van der Waals surface area contributed by atoms with Crippen LogP contribution in [0.5, 0.6) is 5.75 Å². The normalized spacial score (nSPS) is 10.6. The van der Waals surface area contributed by atoms with Crippen molar-refractivity contribution in [2.75, 3.05) is 11.9 Å². The van der Waals surface area contributed by atoms with Crippen LogP contribution in [0.25, 0.3) is 6.08 Å². The standard InChI is InChI=1S/C17H15N3O2/c1-2-22-16-5-3-13(4-6-16)11-14(12-18)17(21)20-15-7-9-19-10-8-15/h3-11H,2H2,1H3,(H,19,20,21)/b14-11+. The molecule has 110 valence electrons. The van der Waals surface area contributed by atoms with E-state index in [1.54, 1.807) is 48.8 Å². The molecule has 5 nitrogen and oxygen atoms in total. The maximum atomic E-state index is 12.1. The highest BCUT2D eigenvalue weighted by Gasteiger charge is 2.09. The van der Waals surface area contributed by atoms with Gasteiger partial charge in [-0.2, -0.15) is 5.26 Å². The Labute approximate surface area is 128 Å². The molecule has 2 rings (SSSR count). The van der Waals surface area contributed by atoms with Gasteiger partial charge in [0.1, 0.15) is 17.4 Å². The zero-order chi connectivity index (χ0) is 15.8. The average Bonchev–Trinajstić information content (AvgIpc) is 2.55. The van der Waals surface area contributed by atoms with E-state index >= 15 is 0 Å². The fourth-order valence-electron chi connectivity index (χ4n) is 1.78. The van der Waals surface area contributed by atoms with Crippen LogP contribution in [0.4, 0.5) is 5.69 Å². The molecule has 1 aromatic carbocycles. The molecule has 1 aromatic heterocycles. The minimum Gasteiger partial charge on any atom is -0.494 e. The van der Waals surface area contributed by atoms with Gasteiger partial charge in [0, 0.05) is 18.1 Å². The number of benzene rings is 1. The molecule has 1 amide bonds. The van der Waals surface area contributed by atoms with Gasteiger partial charge in [0.05, 0.1) is 6.61 Å². The number of nitrogens with one attached hydrogen (secondary N) is 1. The third-order valence-electron chi connectivity index (χ3n) is 2.81. The number of anilines is 1. The Morgan fingerprint density at radius 1 is 1.27 bits per heavy atom. The van der Waals surface area contributed by atoms with E-state index in [-0.39, 0.29) is 5.57 Å². The molecule has 0 fully saturated rings. The number of carbonyl (C=O) groups excluding carboxylic acids is 1. The lowest BCUT2D eigenvalue weighted by Crippen LogP contribution is -2.13. The van der Waals surface area contributed by atoms with Crippen LogP contribution in [0.15, 0.2) is 54.4 Å². The van der Waals surface area contributed by atoms with Crippen molar-refractivity contribution < 1.29 is 9.53 Å². The predicted octanol–water partition coefficient (Wildman–Crippen LogP) is 3.03. The van der Waals surface area contributed by atoms with Crippen molar-refractivity contribution in [2.45, 2.75) is 6.92 Å². The first-order valence-corrected chi connectivity index (χ1v) is 6.79. The van der Waals surface area contributed by atoms with Crippen LogP contribution in [0.3, 0.4) is 0 Å². The van der Waals surface area contributed by atoms with Crippen LogP contribution in [-0.4, -0.2) is 17.5 Å². The minimum absolute atomic E-state index is 0.0287. The lowest BCUT2D eigenvalue weighted by molar-refractivity contribution is -0.112. The van der Waals surface area contributed by atoms with Crippen molar-refractivity contribution in [3.8, 4) is 11.8 Å². The van der Waals surface area contributed by atoms with E-state index < -0.39 is 5.91 Å². The van der Waals surface area contributed by atoms with Crippen LogP contribution >= 0.6 is 0 Å². The number of nitrogens with zero attached hydrogens (tertiary/aromatic N) is 2. The third-order valence-corrected chi connectivity index (χ3v) is 2.81. The fourth-order valence-corrected chi connectivity index (χ4v) is 1.78. The monoisotopic (exact) mass is 293 g/mol. The van der Waals surface area contributed by atoms with Crippen LogP contribution in [-0.2, 0) is 4.79 Å². The Kier molecular flexibility index (Phi) is 5.27. The second-order valence-electron chi connectivity index (χ2n) is 4.36. The quantitative estimate of drug-likeness (QED) is 0.679.